The molecule has 3 heterocycles. The van der Waals surface area contributed by atoms with Crippen LogP contribution in [-0.2, 0) is 21.8 Å². The molecular formula is C25H23Cl2N5O6S. The topological polar surface area (TPSA) is 135 Å². The molecule has 11 nitrogen and oxygen atoms in total. The van der Waals surface area contributed by atoms with Gasteiger partial charge in [-0.3, -0.25) is 0 Å². The van der Waals surface area contributed by atoms with E-state index >= 15 is 0 Å². The predicted molar refractivity (Wildman–Crippen MR) is 145 cm³/mol. The number of aromatic nitrogens is 4. The van der Waals surface area contributed by atoms with E-state index in [2.05, 4.69) is 15.0 Å². The lowest BCUT2D eigenvalue weighted by Crippen LogP contribution is -2.34. The third-order valence-corrected chi connectivity index (χ3v) is 6.66. The van der Waals surface area contributed by atoms with Gasteiger partial charge in [0.1, 0.15) is 18.5 Å². The van der Waals surface area contributed by atoms with Crippen molar-refractivity contribution < 1.29 is 24.5 Å². The lowest BCUT2D eigenvalue weighted by molar-refractivity contribution is -0.742. The maximum Gasteiger partial charge on any atom is 0.291 e. The molecule has 1 aliphatic heterocycles. The first-order chi connectivity index (χ1) is 18.8. The summed E-state index contributed by atoms with van der Waals surface area (Å²) in [6.07, 6.45) is 8.69. The van der Waals surface area contributed by atoms with Crippen LogP contribution < -0.4 is 4.74 Å². The van der Waals surface area contributed by atoms with Crippen molar-refractivity contribution >= 4 is 35.0 Å². The first-order valence-corrected chi connectivity index (χ1v) is 13.4. The lowest BCUT2D eigenvalue weighted by Gasteiger charge is -2.30. The van der Waals surface area contributed by atoms with Crippen molar-refractivity contribution in [3.63, 3.8) is 0 Å². The minimum absolute atomic E-state index is 0.295. The number of thioether (sulfide) groups is 1. The fourth-order valence-electron chi connectivity index (χ4n) is 3.89. The highest BCUT2D eigenvalue weighted by molar-refractivity contribution is 7.98. The van der Waals surface area contributed by atoms with Gasteiger partial charge in [-0.15, -0.1) is 10.1 Å². The van der Waals surface area contributed by atoms with Crippen molar-refractivity contribution in [1.29, 1.82) is 0 Å². The van der Waals surface area contributed by atoms with E-state index in [1.54, 1.807) is 30.9 Å². The average Bonchev–Trinajstić information content (AvgIpc) is 3.58. The molecule has 0 amide bonds. The average molecular weight is 592 g/mol. The second kappa shape index (κ2) is 13.1. The molecular weight excluding hydrogens is 569 g/mol. The van der Waals surface area contributed by atoms with Gasteiger partial charge in [-0.2, -0.15) is 0 Å². The monoisotopic (exact) mass is 591 g/mol. The zero-order chi connectivity index (χ0) is 27.8. The van der Waals surface area contributed by atoms with E-state index in [0.717, 1.165) is 22.2 Å². The summed E-state index contributed by atoms with van der Waals surface area (Å²) >= 11 is 14.2. The fraction of sp³-hybridized carbons (Fsp3) is 0.240. The highest BCUT2D eigenvalue weighted by Gasteiger charge is 2.45. The van der Waals surface area contributed by atoms with Gasteiger partial charge < -0.3 is 24.0 Å². The van der Waals surface area contributed by atoms with Crippen LogP contribution in [0.25, 0.3) is 11.3 Å². The lowest BCUT2D eigenvalue weighted by atomic mass is 10.1. The van der Waals surface area contributed by atoms with Crippen LogP contribution in [0.15, 0.2) is 78.6 Å². The molecule has 2 aromatic carbocycles. The Labute approximate surface area is 237 Å². The van der Waals surface area contributed by atoms with Gasteiger partial charge in [-0.05, 0) is 48.7 Å². The molecule has 0 spiro atoms. The summed E-state index contributed by atoms with van der Waals surface area (Å²) in [6, 6.07) is 15.0. The molecule has 2 aromatic heterocycles. The molecule has 4 aromatic rings. The van der Waals surface area contributed by atoms with Gasteiger partial charge in [-0.25, -0.2) is 15.0 Å². The smallest absolute Gasteiger partial charge is 0.291 e. The van der Waals surface area contributed by atoms with Crippen molar-refractivity contribution in [2.45, 2.75) is 23.6 Å². The number of rotatable bonds is 8. The van der Waals surface area contributed by atoms with E-state index in [0.29, 0.717) is 35.4 Å². The van der Waals surface area contributed by atoms with Crippen LogP contribution in [0.4, 0.5) is 0 Å². The minimum atomic E-state index is -1.50. The number of hydrogen-bond donors (Lipinski definition) is 1. The molecule has 5 rings (SSSR count). The molecule has 14 heteroatoms. The molecule has 0 bridgehead atoms. The van der Waals surface area contributed by atoms with E-state index in [1.807, 2.05) is 53.4 Å². The Kier molecular flexibility index (Phi) is 9.59. The Balaban J connectivity index is 0.000000826. The standard InChI is InChI=1S/C25H22Cl2N4O3S.HNO3/c1-35-24-29-9-8-23(30-24)17-2-5-19(6-3-17)32-13-20-14-33-25(34-20,15-31-11-10-28-16-31)21-7-4-18(26)12-22(21)27;2-1(3)4/h2-12,16,20H,13-15H2,1H3;(H,2,3,4). The molecule has 1 N–H and O–H groups in total. The van der Waals surface area contributed by atoms with Crippen molar-refractivity contribution in [3.05, 3.63) is 99.2 Å². The summed E-state index contributed by atoms with van der Waals surface area (Å²) in [5.74, 6) is -0.351. The van der Waals surface area contributed by atoms with E-state index in [-0.39, 0.29) is 6.10 Å². The summed E-state index contributed by atoms with van der Waals surface area (Å²) in [6.45, 7) is 1.06. The number of hydrogen-bond acceptors (Lipinski definition) is 9. The zero-order valence-corrected chi connectivity index (χ0v) is 22.8. The third kappa shape index (κ3) is 7.58. The second-order valence-corrected chi connectivity index (χ2v) is 9.78. The van der Waals surface area contributed by atoms with Crippen molar-refractivity contribution in [2.24, 2.45) is 0 Å². The maximum atomic E-state index is 8.36. The molecule has 204 valence electrons. The van der Waals surface area contributed by atoms with Gasteiger partial charge >= 0.3 is 0 Å². The quantitative estimate of drug-likeness (QED) is 0.123. The summed E-state index contributed by atoms with van der Waals surface area (Å²) in [5.41, 5.74) is 2.57. The first kappa shape index (κ1) is 28.6. The predicted octanol–water partition coefficient (Wildman–Crippen LogP) is 5.37. The summed E-state index contributed by atoms with van der Waals surface area (Å²) < 4.78 is 20.6. The SMILES string of the molecule is CSc1nccc(-c2ccc(OCC3COC(Cn4ccnc4)(c4ccc(Cl)cc4Cl)O3)cc2)n1.O=[N+]([O-])O. The number of nitrogens with zero attached hydrogens (tertiary/aromatic N) is 5. The summed E-state index contributed by atoms with van der Waals surface area (Å²) in [5, 5.41) is 15.4. The summed E-state index contributed by atoms with van der Waals surface area (Å²) in [4.78, 5) is 21.2. The Morgan fingerprint density at radius 3 is 2.67 bits per heavy atom. The molecule has 0 radical (unpaired) electrons. The van der Waals surface area contributed by atoms with Crippen molar-refractivity contribution in [1.82, 2.24) is 19.5 Å². The number of halogens is 2. The normalized spacial score (nSPS) is 18.3. The highest BCUT2D eigenvalue weighted by atomic mass is 35.5. The fourth-order valence-corrected chi connectivity index (χ4v) is 4.79. The zero-order valence-electron chi connectivity index (χ0n) is 20.5. The van der Waals surface area contributed by atoms with Crippen LogP contribution in [0.5, 0.6) is 5.75 Å². The van der Waals surface area contributed by atoms with E-state index in [1.165, 1.54) is 11.8 Å². The largest absolute Gasteiger partial charge is 0.491 e. The highest BCUT2D eigenvalue weighted by Crippen LogP contribution is 2.40. The van der Waals surface area contributed by atoms with E-state index < -0.39 is 10.9 Å². The Hall–Kier alpha value is -3.42. The van der Waals surface area contributed by atoms with Gasteiger partial charge in [0.2, 0.25) is 5.79 Å². The molecule has 0 saturated carbocycles. The molecule has 0 aliphatic carbocycles. The Morgan fingerprint density at radius 2 is 2.00 bits per heavy atom. The number of ether oxygens (including phenoxy) is 3. The number of benzene rings is 2. The van der Waals surface area contributed by atoms with E-state index in [9.17, 15) is 0 Å². The molecule has 39 heavy (non-hydrogen) atoms. The van der Waals surface area contributed by atoms with Crippen LogP contribution in [0.1, 0.15) is 5.56 Å². The van der Waals surface area contributed by atoms with Gasteiger partial charge in [0.25, 0.3) is 5.09 Å². The molecule has 2 unspecified atom stereocenters. The van der Waals surface area contributed by atoms with Crippen LogP contribution in [0.3, 0.4) is 0 Å². The maximum absolute atomic E-state index is 8.36. The van der Waals surface area contributed by atoms with Gasteiger partial charge in [0.15, 0.2) is 5.16 Å². The van der Waals surface area contributed by atoms with Crippen molar-refractivity contribution in [2.75, 3.05) is 19.5 Å². The first-order valence-electron chi connectivity index (χ1n) is 11.4. The van der Waals surface area contributed by atoms with Crippen molar-refractivity contribution in [3.8, 4) is 17.0 Å². The Morgan fingerprint density at radius 1 is 1.23 bits per heavy atom. The molecule has 2 atom stereocenters. The van der Waals surface area contributed by atoms with Crippen LogP contribution in [0, 0.1) is 10.1 Å². The molecule has 1 fully saturated rings. The minimum Gasteiger partial charge on any atom is -0.491 e. The molecule has 1 saturated heterocycles. The molecule has 1 aliphatic rings. The second-order valence-electron chi connectivity index (χ2n) is 8.16. The number of imidazole rings is 1. The Bertz CT molecular complexity index is 1390. The van der Waals surface area contributed by atoms with Crippen LogP contribution in [0.2, 0.25) is 10.0 Å². The van der Waals surface area contributed by atoms with Gasteiger partial charge in [-0.1, -0.05) is 41.0 Å². The van der Waals surface area contributed by atoms with E-state index in [4.69, 9.17) is 52.7 Å². The van der Waals surface area contributed by atoms with Crippen LogP contribution >= 0.6 is 35.0 Å². The summed E-state index contributed by atoms with van der Waals surface area (Å²) in [7, 11) is 0. The van der Waals surface area contributed by atoms with Gasteiger partial charge in [0.05, 0.1) is 30.2 Å². The third-order valence-electron chi connectivity index (χ3n) is 5.55. The van der Waals surface area contributed by atoms with Crippen LogP contribution in [-0.4, -0.2) is 55.4 Å². The van der Waals surface area contributed by atoms with Gasteiger partial charge in [0, 0.05) is 34.7 Å².